The largest absolute Gasteiger partial charge is 0.550 e. The number of Topliss-reactive ketones (excluding diaryl/α,β-unsaturated/α-hetero) is 1. The lowest BCUT2D eigenvalue weighted by atomic mass is 9.71. The third-order valence-electron chi connectivity index (χ3n) is 4.79. The SMILES string of the molecule is COc1ccc(C(=O)C2(O)CCCCC2C(=O)[O-])cc1.C[NH+](C)CCCN. The van der Waals surface area contributed by atoms with Crippen LogP contribution in [-0.2, 0) is 4.79 Å². The van der Waals surface area contributed by atoms with Gasteiger partial charge in [-0.15, -0.1) is 0 Å². The van der Waals surface area contributed by atoms with E-state index < -0.39 is 23.3 Å². The number of hydrogen-bond donors (Lipinski definition) is 3. The monoisotopic (exact) mass is 380 g/mol. The predicted molar refractivity (Wildman–Crippen MR) is 101 cm³/mol. The lowest BCUT2D eigenvalue weighted by molar-refractivity contribution is -0.858. The van der Waals surface area contributed by atoms with Crippen LogP contribution in [-0.4, -0.2) is 56.8 Å². The number of carbonyl (C=O) groups is 2. The van der Waals surface area contributed by atoms with Crippen LogP contribution in [0, 0.1) is 5.92 Å². The molecule has 2 atom stereocenters. The molecule has 1 aliphatic rings. The summed E-state index contributed by atoms with van der Waals surface area (Å²) in [5.41, 5.74) is 3.67. The van der Waals surface area contributed by atoms with Crippen molar-refractivity contribution in [2.24, 2.45) is 11.7 Å². The summed E-state index contributed by atoms with van der Waals surface area (Å²) in [5.74, 6) is -2.48. The van der Waals surface area contributed by atoms with Crippen LogP contribution in [0.5, 0.6) is 5.75 Å². The number of nitrogens with two attached hydrogens (primary N) is 1. The molecule has 0 spiro atoms. The van der Waals surface area contributed by atoms with Crippen molar-refractivity contribution in [3.8, 4) is 5.75 Å². The number of aliphatic carboxylic acids is 1. The van der Waals surface area contributed by atoms with E-state index in [1.54, 1.807) is 12.1 Å². The fourth-order valence-electron chi connectivity index (χ4n) is 3.19. The van der Waals surface area contributed by atoms with Crippen LogP contribution in [0.15, 0.2) is 24.3 Å². The van der Waals surface area contributed by atoms with Gasteiger partial charge in [-0.25, -0.2) is 0 Å². The van der Waals surface area contributed by atoms with Crippen LogP contribution in [0.2, 0.25) is 0 Å². The summed E-state index contributed by atoms with van der Waals surface area (Å²) < 4.78 is 5.00. The third kappa shape index (κ3) is 6.61. The first-order valence-corrected chi connectivity index (χ1v) is 9.37. The van der Waals surface area contributed by atoms with Crippen LogP contribution in [0.1, 0.15) is 42.5 Å². The number of hydrogen-bond acceptors (Lipinski definition) is 6. The Morgan fingerprint density at radius 1 is 1.30 bits per heavy atom. The van der Waals surface area contributed by atoms with Gasteiger partial charge in [0.2, 0.25) is 0 Å². The van der Waals surface area contributed by atoms with Gasteiger partial charge in [0.15, 0.2) is 5.78 Å². The van der Waals surface area contributed by atoms with Gasteiger partial charge in [-0.05, 0) is 43.7 Å². The van der Waals surface area contributed by atoms with Crippen molar-refractivity contribution >= 4 is 11.8 Å². The first-order valence-electron chi connectivity index (χ1n) is 9.37. The van der Waals surface area contributed by atoms with E-state index in [9.17, 15) is 19.8 Å². The molecular formula is C20H32N2O5. The van der Waals surface area contributed by atoms with E-state index >= 15 is 0 Å². The number of benzene rings is 1. The zero-order chi connectivity index (χ0) is 20.4. The molecule has 0 heterocycles. The van der Waals surface area contributed by atoms with Crippen LogP contribution >= 0.6 is 0 Å². The van der Waals surface area contributed by atoms with E-state index in [1.807, 2.05) is 0 Å². The van der Waals surface area contributed by atoms with Gasteiger partial charge in [-0.3, -0.25) is 4.79 Å². The van der Waals surface area contributed by atoms with Gasteiger partial charge in [0.1, 0.15) is 11.4 Å². The molecule has 1 fully saturated rings. The molecule has 0 amide bonds. The van der Waals surface area contributed by atoms with Gasteiger partial charge in [0, 0.05) is 23.9 Å². The van der Waals surface area contributed by atoms with Crippen molar-refractivity contribution < 1.29 is 29.4 Å². The molecule has 0 aromatic heterocycles. The number of methoxy groups -OCH3 is 1. The fraction of sp³-hybridized carbons (Fsp3) is 0.600. The Hall–Kier alpha value is -1.96. The van der Waals surface area contributed by atoms with Crippen molar-refractivity contribution in [1.29, 1.82) is 0 Å². The Labute approximate surface area is 161 Å². The van der Waals surface area contributed by atoms with Crippen molar-refractivity contribution in [1.82, 2.24) is 0 Å². The first-order chi connectivity index (χ1) is 12.8. The molecule has 0 bridgehead atoms. The number of rotatable bonds is 7. The Bertz CT molecular complexity index is 603. The van der Waals surface area contributed by atoms with Gasteiger partial charge in [0.25, 0.3) is 0 Å². The number of quaternary nitrogens is 1. The van der Waals surface area contributed by atoms with E-state index in [4.69, 9.17) is 10.5 Å². The highest BCUT2D eigenvalue weighted by Crippen LogP contribution is 2.36. The predicted octanol–water partition coefficient (Wildman–Crippen LogP) is -0.971. The maximum Gasteiger partial charge on any atom is 0.195 e. The smallest absolute Gasteiger partial charge is 0.195 e. The third-order valence-corrected chi connectivity index (χ3v) is 4.79. The number of ketones is 1. The number of ether oxygens (including phenoxy) is 1. The van der Waals surface area contributed by atoms with Crippen LogP contribution in [0.3, 0.4) is 0 Å². The molecule has 7 nitrogen and oxygen atoms in total. The number of carbonyl (C=O) groups excluding carboxylic acids is 2. The zero-order valence-electron chi connectivity index (χ0n) is 16.5. The van der Waals surface area contributed by atoms with Crippen molar-refractivity contribution in [3.63, 3.8) is 0 Å². The summed E-state index contributed by atoms with van der Waals surface area (Å²) in [5, 5.41) is 21.7. The van der Waals surface area contributed by atoms with E-state index in [0.717, 1.165) is 13.0 Å². The molecule has 2 rings (SSSR count). The molecule has 152 valence electrons. The normalized spacial score (nSPS) is 21.9. The first kappa shape index (κ1) is 23.1. The van der Waals surface area contributed by atoms with Crippen molar-refractivity contribution in [2.45, 2.75) is 37.7 Å². The highest BCUT2D eigenvalue weighted by Gasteiger charge is 2.46. The molecule has 1 saturated carbocycles. The minimum Gasteiger partial charge on any atom is -0.550 e. The lowest BCUT2D eigenvalue weighted by Crippen LogP contribution is -3.05. The molecule has 0 aliphatic heterocycles. The van der Waals surface area contributed by atoms with Crippen LogP contribution < -0.4 is 20.5 Å². The number of carboxylic acid groups (broad SMARTS) is 1. The minimum atomic E-state index is -1.87. The summed E-state index contributed by atoms with van der Waals surface area (Å²) in [4.78, 5) is 25.1. The van der Waals surface area contributed by atoms with Crippen LogP contribution in [0.25, 0.3) is 0 Å². The van der Waals surface area contributed by atoms with Crippen LogP contribution in [0.4, 0.5) is 0 Å². The number of carboxylic acids is 1. The molecule has 7 heteroatoms. The average molecular weight is 380 g/mol. The standard InChI is InChI=1S/C15H18O5.C5H14N2/c1-20-11-7-5-10(6-8-11)13(16)15(19)9-3-2-4-12(15)14(17)18;1-7(2)5-3-4-6/h5-8,12,19H,2-4,9H2,1H3,(H,17,18);3-6H2,1-2H3. The topological polar surface area (TPSA) is 117 Å². The van der Waals surface area contributed by atoms with E-state index in [0.29, 0.717) is 18.6 Å². The van der Waals surface area contributed by atoms with E-state index in [2.05, 4.69) is 14.1 Å². The summed E-state index contributed by atoms with van der Waals surface area (Å²) in [7, 11) is 5.78. The molecule has 1 aliphatic carbocycles. The number of nitrogens with one attached hydrogen (secondary N) is 1. The fourth-order valence-corrected chi connectivity index (χ4v) is 3.19. The summed E-state index contributed by atoms with van der Waals surface area (Å²) in [6.45, 7) is 2.02. The van der Waals surface area contributed by atoms with E-state index in [1.165, 1.54) is 30.7 Å². The lowest BCUT2D eigenvalue weighted by Gasteiger charge is -2.39. The highest BCUT2D eigenvalue weighted by molar-refractivity contribution is 6.04. The van der Waals surface area contributed by atoms with Crippen molar-refractivity contribution in [2.75, 3.05) is 34.3 Å². The molecule has 1 aromatic carbocycles. The maximum atomic E-state index is 12.5. The van der Waals surface area contributed by atoms with Gasteiger partial charge in [-0.1, -0.05) is 12.8 Å². The second kappa shape index (κ2) is 11.0. The summed E-state index contributed by atoms with van der Waals surface area (Å²) >= 11 is 0. The quantitative estimate of drug-likeness (QED) is 0.524. The maximum absolute atomic E-state index is 12.5. The minimum absolute atomic E-state index is 0.149. The summed E-state index contributed by atoms with van der Waals surface area (Å²) in [6, 6.07) is 6.26. The van der Waals surface area contributed by atoms with Gasteiger partial charge in [-0.2, -0.15) is 0 Å². The number of aliphatic hydroxyl groups is 1. The molecule has 2 unspecified atom stereocenters. The molecule has 27 heavy (non-hydrogen) atoms. The van der Waals surface area contributed by atoms with E-state index in [-0.39, 0.29) is 18.4 Å². The Balaban J connectivity index is 0.000000445. The molecule has 0 radical (unpaired) electrons. The summed E-state index contributed by atoms with van der Waals surface area (Å²) in [6.07, 6.45) is 2.86. The van der Waals surface area contributed by atoms with Gasteiger partial charge < -0.3 is 30.4 Å². The zero-order valence-corrected chi connectivity index (χ0v) is 16.5. The highest BCUT2D eigenvalue weighted by atomic mass is 16.5. The molecule has 4 N–H and O–H groups in total. The van der Waals surface area contributed by atoms with Gasteiger partial charge in [0.05, 0.1) is 27.7 Å². The Morgan fingerprint density at radius 2 is 1.93 bits per heavy atom. The van der Waals surface area contributed by atoms with Crippen molar-refractivity contribution in [3.05, 3.63) is 29.8 Å². The average Bonchev–Trinajstić information content (AvgIpc) is 2.66. The molecular weight excluding hydrogens is 348 g/mol. The van der Waals surface area contributed by atoms with Gasteiger partial charge >= 0.3 is 0 Å². The second-order valence-corrected chi connectivity index (χ2v) is 7.20. The Morgan fingerprint density at radius 3 is 2.37 bits per heavy atom. The molecule has 1 aromatic rings. The molecule has 0 saturated heterocycles. The Kier molecular flexibility index (Phi) is 9.41. The second-order valence-electron chi connectivity index (χ2n) is 7.20.